The van der Waals surface area contributed by atoms with E-state index < -0.39 is 11.7 Å². The number of nitrogens with one attached hydrogen (secondary N) is 2. The first kappa shape index (κ1) is 22.0. The van der Waals surface area contributed by atoms with E-state index in [1.165, 1.54) is 11.8 Å². The zero-order valence-electron chi connectivity index (χ0n) is 17.8. The molecule has 1 aliphatic rings. The number of amides is 2. The van der Waals surface area contributed by atoms with Crippen LogP contribution in [0.1, 0.15) is 44.7 Å². The molecular weight excluding hydrogens is 400 g/mol. The summed E-state index contributed by atoms with van der Waals surface area (Å²) in [6, 6.07) is 11.8. The number of carbonyl (C=O) groups excluding carboxylic acids is 2. The number of hydrogen-bond acceptors (Lipinski definition) is 5. The van der Waals surface area contributed by atoms with Gasteiger partial charge in [0.15, 0.2) is 0 Å². The van der Waals surface area contributed by atoms with Crippen LogP contribution in [-0.4, -0.2) is 24.4 Å². The van der Waals surface area contributed by atoms with Crippen LogP contribution in [0.25, 0.3) is 0 Å². The molecule has 0 saturated carbocycles. The molecule has 2 amide bonds. The minimum Gasteiger partial charge on any atom is -0.493 e. The third kappa shape index (κ3) is 5.69. The van der Waals surface area contributed by atoms with Gasteiger partial charge in [-0.3, -0.25) is 10.1 Å². The fraction of sp³-hybridized carbons (Fsp3) is 0.391. The van der Waals surface area contributed by atoms with E-state index in [0.717, 1.165) is 46.8 Å². The molecule has 0 saturated heterocycles. The highest BCUT2D eigenvalue weighted by atomic mass is 32.2. The summed E-state index contributed by atoms with van der Waals surface area (Å²) in [5, 5.41) is 5.52. The van der Waals surface area contributed by atoms with Gasteiger partial charge in [-0.25, -0.2) is 4.79 Å². The summed E-state index contributed by atoms with van der Waals surface area (Å²) in [6.45, 7) is 7.87. The molecule has 0 spiro atoms. The van der Waals surface area contributed by atoms with Crippen molar-refractivity contribution in [2.45, 2.75) is 51.0 Å². The first-order valence-electron chi connectivity index (χ1n) is 10.0. The topological polar surface area (TPSA) is 76.7 Å². The number of rotatable bonds is 8. The van der Waals surface area contributed by atoms with Gasteiger partial charge in [0.05, 0.1) is 12.3 Å². The number of aryl methyl sites for hydroxylation is 1. The number of fused-ring (bicyclic) bond motifs is 1. The van der Waals surface area contributed by atoms with Crippen LogP contribution in [0, 0.1) is 6.92 Å². The maximum atomic E-state index is 11.7. The lowest BCUT2D eigenvalue weighted by Crippen LogP contribution is -2.34. The smallest absolute Gasteiger partial charge is 0.412 e. The average Bonchev–Trinajstić information content (AvgIpc) is 2.65. The predicted molar refractivity (Wildman–Crippen MR) is 121 cm³/mol. The van der Waals surface area contributed by atoms with E-state index >= 15 is 0 Å². The van der Waals surface area contributed by atoms with Gasteiger partial charge in [0.2, 0.25) is 5.91 Å². The van der Waals surface area contributed by atoms with Crippen molar-refractivity contribution in [1.82, 2.24) is 0 Å². The molecule has 0 radical (unpaired) electrons. The largest absolute Gasteiger partial charge is 0.493 e. The minimum absolute atomic E-state index is 0.0644. The van der Waals surface area contributed by atoms with Gasteiger partial charge in [-0.1, -0.05) is 0 Å². The summed E-state index contributed by atoms with van der Waals surface area (Å²) < 4.78 is 11.4. The van der Waals surface area contributed by atoms with Crippen LogP contribution in [0.2, 0.25) is 0 Å². The molecule has 0 fully saturated rings. The molecule has 3 rings (SSSR count). The molecule has 0 aromatic heterocycles. The lowest BCUT2D eigenvalue weighted by Gasteiger charge is -2.33. The van der Waals surface area contributed by atoms with E-state index in [9.17, 15) is 9.59 Å². The van der Waals surface area contributed by atoms with Crippen molar-refractivity contribution in [3.8, 4) is 5.75 Å². The average molecular weight is 429 g/mol. The Kier molecular flexibility index (Phi) is 6.92. The summed E-state index contributed by atoms with van der Waals surface area (Å²) >= 11 is 1.79. The molecule has 0 atom stereocenters. The zero-order valence-corrected chi connectivity index (χ0v) is 18.7. The molecule has 0 unspecified atom stereocenters. The second-order valence-corrected chi connectivity index (χ2v) is 8.97. The fourth-order valence-electron chi connectivity index (χ4n) is 3.28. The number of hydrogen-bond donors (Lipinski definition) is 2. The third-order valence-electron chi connectivity index (χ3n) is 4.79. The summed E-state index contributed by atoms with van der Waals surface area (Å²) in [7, 11) is 0. The van der Waals surface area contributed by atoms with Crippen molar-refractivity contribution in [1.29, 1.82) is 0 Å². The fourth-order valence-corrected chi connectivity index (χ4v) is 4.19. The number of cyclic esters (lactones) is 1. The molecular formula is C23H28N2O4S. The Morgan fingerprint density at radius 3 is 2.63 bits per heavy atom. The molecule has 2 N–H and O–H groups in total. The molecule has 0 bridgehead atoms. The van der Waals surface area contributed by atoms with Gasteiger partial charge >= 0.3 is 6.09 Å². The molecule has 30 heavy (non-hydrogen) atoms. The van der Waals surface area contributed by atoms with Crippen LogP contribution in [-0.2, 0) is 15.1 Å². The predicted octanol–water partition coefficient (Wildman–Crippen LogP) is 5.70. The van der Waals surface area contributed by atoms with Gasteiger partial charge < -0.3 is 14.8 Å². The SMILES string of the molecule is CC(=O)Nc1ccc(SCCCCOc2cc3c(cc2C)NC(=O)OC3(C)C)cc1. The number of thioether (sulfide) groups is 1. The van der Waals surface area contributed by atoms with Crippen molar-refractivity contribution >= 4 is 35.1 Å². The zero-order chi connectivity index (χ0) is 21.7. The summed E-state index contributed by atoms with van der Waals surface area (Å²) in [5.74, 6) is 1.76. The highest BCUT2D eigenvalue weighted by Crippen LogP contribution is 2.39. The van der Waals surface area contributed by atoms with Gasteiger partial charge in [0.1, 0.15) is 11.4 Å². The second kappa shape index (κ2) is 9.43. The highest BCUT2D eigenvalue weighted by molar-refractivity contribution is 7.99. The standard InChI is InChI=1S/C23H28N2O4S/c1-15-13-20-19(23(3,4)29-22(27)25-20)14-21(15)28-11-5-6-12-30-18-9-7-17(8-10-18)24-16(2)26/h7-10,13-14H,5-6,11-12H2,1-4H3,(H,24,26)(H,25,27). The van der Waals surface area contributed by atoms with Gasteiger partial charge in [0.25, 0.3) is 0 Å². The molecule has 2 aromatic rings. The number of anilines is 2. The first-order chi connectivity index (χ1) is 14.2. The lowest BCUT2D eigenvalue weighted by atomic mass is 9.93. The number of carbonyl (C=O) groups is 2. The van der Waals surface area contributed by atoms with Crippen LogP contribution in [0.15, 0.2) is 41.3 Å². The van der Waals surface area contributed by atoms with Crippen LogP contribution < -0.4 is 15.4 Å². The minimum atomic E-state index is -0.685. The molecule has 7 heteroatoms. The van der Waals surface area contributed by atoms with Gasteiger partial charge in [-0.05, 0) is 81.3 Å². The summed E-state index contributed by atoms with van der Waals surface area (Å²) in [4.78, 5) is 23.9. The Balaban J connectivity index is 1.45. The quantitative estimate of drug-likeness (QED) is 0.416. The van der Waals surface area contributed by atoms with E-state index in [-0.39, 0.29) is 5.91 Å². The molecule has 0 aliphatic carbocycles. The van der Waals surface area contributed by atoms with Crippen molar-refractivity contribution in [2.75, 3.05) is 23.0 Å². The normalized spacial score (nSPS) is 14.3. The first-order valence-corrected chi connectivity index (χ1v) is 11.0. The second-order valence-electron chi connectivity index (χ2n) is 7.80. The Morgan fingerprint density at radius 2 is 1.93 bits per heavy atom. The molecule has 6 nitrogen and oxygen atoms in total. The van der Waals surface area contributed by atoms with Crippen molar-refractivity contribution in [2.24, 2.45) is 0 Å². The number of ether oxygens (including phenoxy) is 2. The Labute approximate surface area is 181 Å². The Hall–Kier alpha value is -2.67. The third-order valence-corrected chi connectivity index (χ3v) is 5.89. The van der Waals surface area contributed by atoms with Crippen LogP contribution in [0.4, 0.5) is 16.2 Å². The Morgan fingerprint density at radius 1 is 1.20 bits per heavy atom. The van der Waals surface area contributed by atoms with E-state index in [2.05, 4.69) is 10.6 Å². The maximum absolute atomic E-state index is 11.7. The van der Waals surface area contributed by atoms with Gasteiger partial charge in [-0.2, -0.15) is 0 Å². The summed E-state index contributed by atoms with van der Waals surface area (Å²) in [5.41, 5.74) is 2.81. The van der Waals surface area contributed by atoms with Crippen LogP contribution in [0.3, 0.4) is 0 Å². The van der Waals surface area contributed by atoms with Crippen LogP contribution >= 0.6 is 11.8 Å². The maximum Gasteiger partial charge on any atom is 0.412 e. The Bertz CT molecular complexity index is 926. The van der Waals surface area contributed by atoms with Gasteiger partial charge in [0, 0.05) is 23.1 Å². The highest BCUT2D eigenvalue weighted by Gasteiger charge is 2.34. The summed E-state index contributed by atoms with van der Waals surface area (Å²) in [6.07, 6.45) is 1.56. The van der Waals surface area contributed by atoms with E-state index in [0.29, 0.717) is 6.61 Å². The monoisotopic (exact) mass is 428 g/mol. The number of unbranched alkanes of at least 4 members (excludes halogenated alkanes) is 1. The van der Waals surface area contributed by atoms with Crippen molar-refractivity contribution in [3.05, 3.63) is 47.5 Å². The van der Waals surface area contributed by atoms with Gasteiger partial charge in [-0.15, -0.1) is 11.8 Å². The lowest BCUT2D eigenvalue weighted by molar-refractivity contribution is -0.114. The van der Waals surface area contributed by atoms with E-state index in [1.54, 1.807) is 11.8 Å². The molecule has 1 heterocycles. The molecule has 1 aliphatic heterocycles. The number of benzene rings is 2. The van der Waals surface area contributed by atoms with Crippen molar-refractivity contribution < 1.29 is 19.1 Å². The molecule has 160 valence electrons. The van der Waals surface area contributed by atoms with E-state index in [4.69, 9.17) is 9.47 Å². The van der Waals surface area contributed by atoms with Crippen molar-refractivity contribution in [3.63, 3.8) is 0 Å². The van der Waals surface area contributed by atoms with E-state index in [1.807, 2.05) is 57.2 Å². The molecule has 2 aromatic carbocycles. The van der Waals surface area contributed by atoms with Crippen LogP contribution in [0.5, 0.6) is 5.75 Å².